The van der Waals surface area contributed by atoms with Gasteiger partial charge in [0.05, 0.1) is 6.54 Å². The van der Waals surface area contributed by atoms with Gasteiger partial charge in [0.25, 0.3) is 0 Å². The predicted octanol–water partition coefficient (Wildman–Crippen LogP) is 3.71. The molecule has 3 rings (SSSR count). The van der Waals surface area contributed by atoms with E-state index in [9.17, 15) is 0 Å². The van der Waals surface area contributed by atoms with Crippen LogP contribution in [0.3, 0.4) is 0 Å². The number of nitrogens with zero attached hydrogens (tertiary/aromatic N) is 4. The second-order valence-corrected chi connectivity index (χ2v) is 7.89. The van der Waals surface area contributed by atoms with Gasteiger partial charge in [0.2, 0.25) is 0 Å². The van der Waals surface area contributed by atoms with Crippen LogP contribution in [0, 0.1) is 6.92 Å². The number of aliphatic imine (C=N–C) groups is 1. The van der Waals surface area contributed by atoms with Crippen LogP contribution in [0.15, 0.2) is 29.5 Å². The average molecular weight is 500 g/mol. The fraction of sp³-hybridized carbons (Fsp3) is 0.526. The summed E-state index contributed by atoms with van der Waals surface area (Å²) in [6.07, 6.45) is 9.08. The lowest BCUT2D eigenvalue weighted by Gasteiger charge is -2.21. The first-order chi connectivity index (χ1) is 12.7. The number of aromatic nitrogens is 2. The SMILES string of the molecule is CN=C(NCc1ccc(N2CCCCCC2)nc1)NCc1ncc(C)s1.I. The molecule has 3 heterocycles. The van der Waals surface area contributed by atoms with Crippen molar-refractivity contribution in [2.45, 2.75) is 45.7 Å². The minimum Gasteiger partial charge on any atom is -0.357 e. The highest BCUT2D eigenvalue weighted by Gasteiger charge is 2.10. The van der Waals surface area contributed by atoms with E-state index in [0.717, 1.165) is 35.4 Å². The molecule has 148 valence electrons. The number of hydrogen-bond donors (Lipinski definition) is 2. The Kier molecular flexibility index (Phi) is 9.26. The van der Waals surface area contributed by atoms with E-state index < -0.39 is 0 Å². The molecule has 0 amide bonds. The van der Waals surface area contributed by atoms with Crippen molar-refractivity contribution in [3.05, 3.63) is 40.0 Å². The summed E-state index contributed by atoms with van der Waals surface area (Å²) in [5.74, 6) is 1.87. The Balaban J connectivity index is 0.00000261. The Morgan fingerprint density at radius 1 is 1.07 bits per heavy atom. The van der Waals surface area contributed by atoms with Gasteiger partial charge in [-0.1, -0.05) is 18.9 Å². The van der Waals surface area contributed by atoms with Crippen molar-refractivity contribution in [1.29, 1.82) is 0 Å². The first kappa shape index (κ1) is 21.9. The van der Waals surface area contributed by atoms with Crippen molar-refractivity contribution >= 4 is 47.1 Å². The highest BCUT2D eigenvalue weighted by atomic mass is 127. The zero-order valence-electron chi connectivity index (χ0n) is 16.1. The van der Waals surface area contributed by atoms with Crippen LogP contribution in [0.1, 0.15) is 41.1 Å². The van der Waals surface area contributed by atoms with E-state index in [0.29, 0.717) is 13.1 Å². The Bertz CT molecular complexity index is 707. The predicted molar refractivity (Wildman–Crippen MR) is 124 cm³/mol. The maximum Gasteiger partial charge on any atom is 0.191 e. The molecule has 2 aromatic rings. The molecule has 0 atom stereocenters. The number of anilines is 1. The number of aryl methyl sites for hydroxylation is 1. The third-order valence-corrected chi connectivity index (χ3v) is 5.41. The molecule has 6 nitrogen and oxygen atoms in total. The Labute approximate surface area is 182 Å². The van der Waals surface area contributed by atoms with Gasteiger partial charge >= 0.3 is 0 Å². The van der Waals surface area contributed by atoms with Crippen LogP contribution in [0.4, 0.5) is 5.82 Å². The maximum atomic E-state index is 4.66. The second kappa shape index (κ2) is 11.4. The quantitative estimate of drug-likeness (QED) is 0.373. The summed E-state index contributed by atoms with van der Waals surface area (Å²) in [4.78, 5) is 16.9. The summed E-state index contributed by atoms with van der Waals surface area (Å²) in [6, 6.07) is 4.29. The molecule has 0 aromatic carbocycles. The van der Waals surface area contributed by atoms with E-state index in [1.54, 1.807) is 18.4 Å². The lowest BCUT2D eigenvalue weighted by atomic mass is 10.2. The summed E-state index contributed by atoms with van der Waals surface area (Å²) in [5, 5.41) is 7.70. The van der Waals surface area contributed by atoms with Crippen molar-refractivity contribution in [2.24, 2.45) is 4.99 Å². The van der Waals surface area contributed by atoms with E-state index in [-0.39, 0.29) is 24.0 Å². The third-order valence-electron chi connectivity index (χ3n) is 4.50. The van der Waals surface area contributed by atoms with Crippen molar-refractivity contribution in [1.82, 2.24) is 20.6 Å². The number of rotatable bonds is 5. The molecule has 27 heavy (non-hydrogen) atoms. The van der Waals surface area contributed by atoms with Gasteiger partial charge in [0.15, 0.2) is 5.96 Å². The van der Waals surface area contributed by atoms with E-state index in [2.05, 4.69) is 49.6 Å². The molecular weight excluding hydrogens is 471 g/mol. The molecule has 0 aliphatic carbocycles. The summed E-state index contributed by atoms with van der Waals surface area (Å²) in [7, 11) is 1.78. The molecule has 1 aliphatic rings. The topological polar surface area (TPSA) is 65.4 Å². The molecule has 0 bridgehead atoms. The highest BCUT2D eigenvalue weighted by molar-refractivity contribution is 14.0. The lowest BCUT2D eigenvalue weighted by molar-refractivity contribution is 0.726. The number of halogens is 1. The van der Waals surface area contributed by atoms with Crippen molar-refractivity contribution in [3.63, 3.8) is 0 Å². The van der Waals surface area contributed by atoms with Crippen LogP contribution in [-0.4, -0.2) is 36.1 Å². The first-order valence-corrected chi connectivity index (χ1v) is 10.1. The molecule has 0 spiro atoms. The molecule has 1 fully saturated rings. The van der Waals surface area contributed by atoms with Crippen LogP contribution in [0.2, 0.25) is 0 Å². The molecule has 1 aliphatic heterocycles. The van der Waals surface area contributed by atoms with Crippen LogP contribution in [0.5, 0.6) is 0 Å². The van der Waals surface area contributed by atoms with Crippen LogP contribution in [0.25, 0.3) is 0 Å². The fourth-order valence-corrected chi connectivity index (χ4v) is 3.78. The molecule has 2 aromatic heterocycles. The fourth-order valence-electron chi connectivity index (χ4n) is 3.06. The van der Waals surface area contributed by atoms with Gasteiger partial charge in [0, 0.05) is 44.0 Å². The van der Waals surface area contributed by atoms with Crippen molar-refractivity contribution < 1.29 is 0 Å². The van der Waals surface area contributed by atoms with Gasteiger partial charge in [-0.15, -0.1) is 35.3 Å². The van der Waals surface area contributed by atoms with E-state index >= 15 is 0 Å². The normalized spacial score (nSPS) is 15.0. The van der Waals surface area contributed by atoms with Crippen molar-refractivity contribution in [3.8, 4) is 0 Å². The number of guanidine groups is 1. The minimum atomic E-state index is 0. The molecule has 2 N–H and O–H groups in total. The van der Waals surface area contributed by atoms with Gasteiger partial charge in [-0.2, -0.15) is 0 Å². The largest absolute Gasteiger partial charge is 0.357 e. The van der Waals surface area contributed by atoms with E-state index in [1.165, 1.54) is 30.6 Å². The summed E-state index contributed by atoms with van der Waals surface area (Å²) < 4.78 is 0. The molecule has 0 radical (unpaired) electrons. The van der Waals surface area contributed by atoms with Crippen LogP contribution in [-0.2, 0) is 13.1 Å². The van der Waals surface area contributed by atoms with Crippen molar-refractivity contribution in [2.75, 3.05) is 25.0 Å². The Hall–Kier alpha value is -1.42. The summed E-state index contributed by atoms with van der Waals surface area (Å²) >= 11 is 1.70. The summed E-state index contributed by atoms with van der Waals surface area (Å²) in [6.45, 7) is 5.69. The minimum absolute atomic E-state index is 0. The summed E-state index contributed by atoms with van der Waals surface area (Å²) in [5.41, 5.74) is 1.15. The smallest absolute Gasteiger partial charge is 0.191 e. The number of thiazole rings is 1. The Morgan fingerprint density at radius 3 is 2.41 bits per heavy atom. The maximum absolute atomic E-state index is 4.66. The molecule has 8 heteroatoms. The standard InChI is InChI=1S/C19H28N6S.HI/c1-15-11-22-18(26-15)14-24-19(20-2)23-13-16-7-8-17(21-12-16)25-9-5-3-4-6-10-25;/h7-8,11-12H,3-6,9-10,13-14H2,1-2H3,(H2,20,23,24);1H. The highest BCUT2D eigenvalue weighted by Crippen LogP contribution is 2.17. The molecular formula is C19H29IN6S. The van der Waals surface area contributed by atoms with Gasteiger partial charge in [-0.3, -0.25) is 4.99 Å². The molecule has 1 saturated heterocycles. The van der Waals surface area contributed by atoms with Gasteiger partial charge in [-0.05, 0) is 31.4 Å². The van der Waals surface area contributed by atoms with Gasteiger partial charge in [-0.25, -0.2) is 9.97 Å². The zero-order valence-corrected chi connectivity index (χ0v) is 19.2. The van der Waals surface area contributed by atoms with Gasteiger partial charge < -0.3 is 15.5 Å². The van der Waals surface area contributed by atoms with E-state index in [4.69, 9.17) is 0 Å². The second-order valence-electron chi connectivity index (χ2n) is 6.57. The molecule has 0 saturated carbocycles. The number of nitrogens with one attached hydrogen (secondary N) is 2. The number of pyridine rings is 1. The Morgan fingerprint density at radius 2 is 1.81 bits per heavy atom. The lowest BCUT2D eigenvalue weighted by Crippen LogP contribution is -2.36. The monoisotopic (exact) mass is 500 g/mol. The van der Waals surface area contributed by atoms with Crippen LogP contribution >= 0.6 is 35.3 Å². The van der Waals surface area contributed by atoms with Gasteiger partial charge in [0.1, 0.15) is 10.8 Å². The average Bonchev–Trinajstić information content (AvgIpc) is 2.91. The third kappa shape index (κ3) is 6.91. The van der Waals surface area contributed by atoms with E-state index in [1.807, 2.05) is 12.4 Å². The zero-order chi connectivity index (χ0) is 18.2. The first-order valence-electron chi connectivity index (χ1n) is 9.30. The number of hydrogen-bond acceptors (Lipinski definition) is 5. The molecule has 0 unspecified atom stereocenters. The van der Waals surface area contributed by atoms with Crippen LogP contribution < -0.4 is 15.5 Å².